The van der Waals surface area contributed by atoms with Crippen LogP contribution in [-0.4, -0.2) is 38.3 Å². The molecule has 3 rings (SSSR count). The summed E-state index contributed by atoms with van der Waals surface area (Å²) in [4.78, 5) is 26.8. The maximum atomic E-state index is 13.1. The van der Waals surface area contributed by atoms with Crippen LogP contribution in [0.5, 0.6) is 17.2 Å². The Kier molecular flexibility index (Phi) is 6.05. The van der Waals surface area contributed by atoms with E-state index in [1.54, 1.807) is 36.4 Å². The summed E-state index contributed by atoms with van der Waals surface area (Å²) in [6, 6.07) is 9.85. The lowest BCUT2D eigenvalue weighted by Gasteiger charge is -2.29. The van der Waals surface area contributed by atoms with E-state index >= 15 is 0 Å². The molecule has 0 aromatic heterocycles. The molecule has 150 valence electrons. The van der Waals surface area contributed by atoms with Crippen molar-refractivity contribution < 1.29 is 23.8 Å². The fraction of sp³-hybridized carbons (Fsp3) is 0.150. The number of anilines is 1. The monoisotopic (exact) mass is 432 g/mol. The molecular formula is C20H17ClN2O5S. The van der Waals surface area contributed by atoms with E-state index in [0.29, 0.717) is 33.5 Å². The number of nitrogens with one attached hydrogen (secondary N) is 1. The van der Waals surface area contributed by atoms with Gasteiger partial charge in [-0.05, 0) is 54.7 Å². The molecule has 1 aliphatic heterocycles. The number of amides is 2. The fourth-order valence-electron chi connectivity index (χ4n) is 2.88. The van der Waals surface area contributed by atoms with Gasteiger partial charge in [0.2, 0.25) is 5.75 Å². The van der Waals surface area contributed by atoms with Gasteiger partial charge in [0.15, 0.2) is 16.6 Å². The summed E-state index contributed by atoms with van der Waals surface area (Å²) in [5.41, 5.74) is 0.834. The summed E-state index contributed by atoms with van der Waals surface area (Å²) < 4.78 is 16.0. The molecular weight excluding hydrogens is 416 g/mol. The van der Waals surface area contributed by atoms with Gasteiger partial charge in [0, 0.05) is 10.6 Å². The molecule has 0 aliphatic carbocycles. The van der Waals surface area contributed by atoms with Crippen LogP contribution in [0.2, 0.25) is 5.02 Å². The number of methoxy groups -OCH3 is 3. The van der Waals surface area contributed by atoms with Crippen LogP contribution in [0.1, 0.15) is 5.56 Å². The van der Waals surface area contributed by atoms with Gasteiger partial charge in [0.25, 0.3) is 11.8 Å². The van der Waals surface area contributed by atoms with Crippen LogP contribution in [0.4, 0.5) is 5.69 Å². The average molecular weight is 433 g/mol. The molecule has 2 aromatic carbocycles. The highest BCUT2D eigenvalue weighted by atomic mass is 35.5. The highest BCUT2D eigenvalue weighted by Gasteiger charge is 2.34. The van der Waals surface area contributed by atoms with E-state index in [9.17, 15) is 9.59 Å². The summed E-state index contributed by atoms with van der Waals surface area (Å²) in [5, 5.41) is 3.03. The van der Waals surface area contributed by atoms with Gasteiger partial charge in [-0.2, -0.15) is 0 Å². The summed E-state index contributed by atoms with van der Waals surface area (Å²) in [6.07, 6.45) is 1.42. The molecule has 1 N–H and O–H groups in total. The number of carbonyl (C=O) groups excluding carboxylic acids is 2. The molecule has 0 saturated carbocycles. The Hall–Kier alpha value is -3.10. The quantitative estimate of drug-likeness (QED) is 0.444. The Bertz CT molecular complexity index is 1020. The van der Waals surface area contributed by atoms with Crippen molar-refractivity contribution in [1.82, 2.24) is 5.32 Å². The lowest BCUT2D eigenvalue weighted by molar-refractivity contribution is -0.122. The van der Waals surface area contributed by atoms with Crippen LogP contribution in [0.25, 0.3) is 6.08 Å². The molecule has 0 atom stereocenters. The van der Waals surface area contributed by atoms with E-state index in [1.165, 1.54) is 32.3 Å². The standard InChI is InChI=1S/C20H17ClN2O5S/c1-26-15-9-4-11(16(27-2)17(15)28-3)10-14-18(24)22-20(29)23(19(14)25)13-7-5-12(21)6-8-13/h4-10H,1-3H3,(H,22,24,29)/b14-10-. The molecule has 7 nitrogen and oxygen atoms in total. The zero-order valence-electron chi connectivity index (χ0n) is 15.8. The zero-order chi connectivity index (χ0) is 21.1. The SMILES string of the molecule is COc1ccc(/C=C2/C(=O)NC(=S)N(c3ccc(Cl)cc3)C2=O)c(OC)c1OC. The average Bonchev–Trinajstić information content (AvgIpc) is 2.71. The Labute approximate surface area is 177 Å². The number of benzene rings is 2. The first kappa shape index (κ1) is 20.6. The summed E-state index contributed by atoms with van der Waals surface area (Å²) >= 11 is 11.1. The molecule has 0 spiro atoms. The molecule has 1 fully saturated rings. The molecule has 1 saturated heterocycles. The first-order valence-corrected chi connectivity index (χ1v) is 9.15. The van der Waals surface area contributed by atoms with E-state index < -0.39 is 11.8 Å². The summed E-state index contributed by atoms with van der Waals surface area (Å²) in [5.74, 6) is -0.0564. The highest BCUT2D eigenvalue weighted by Crippen LogP contribution is 2.40. The van der Waals surface area contributed by atoms with Gasteiger partial charge >= 0.3 is 0 Å². The number of rotatable bonds is 5. The number of nitrogens with zero attached hydrogens (tertiary/aromatic N) is 1. The van der Waals surface area contributed by atoms with Crippen molar-refractivity contribution in [2.45, 2.75) is 0 Å². The Balaban J connectivity index is 2.08. The van der Waals surface area contributed by atoms with Crippen LogP contribution in [0.15, 0.2) is 42.0 Å². The van der Waals surface area contributed by atoms with Crippen LogP contribution in [0.3, 0.4) is 0 Å². The smallest absolute Gasteiger partial charge is 0.270 e. The van der Waals surface area contributed by atoms with Crippen LogP contribution < -0.4 is 24.4 Å². The van der Waals surface area contributed by atoms with Crippen molar-refractivity contribution in [3.05, 3.63) is 52.6 Å². The molecule has 2 amide bonds. The molecule has 2 aromatic rings. The Morgan fingerprint density at radius 3 is 2.21 bits per heavy atom. The van der Waals surface area contributed by atoms with Gasteiger partial charge in [-0.1, -0.05) is 11.6 Å². The van der Waals surface area contributed by atoms with E-state index in [2.05, 4.69) is 5.32 Å². The predicted octanol–water partition coefficient (Wildman–Crippen LogP) is 3.20. The van der Waals surface area contributed by atoms with E-state index in [4.69, 9.17) is 38.0 Å². The number of hydrogen-bond acceptors (Lipinski definition) is 6. The zero-order valence-corrected chi connectivity index (χ0v) is 17.4. The number of hydrogen-bond donors (Lipinski definition) is 1. The maximum Gasteiger partial charge on any atom is 0.270 e. The van der Waals surface area contributed by atoms with E-state index in [0.717, 1.165) is 0 Å². The van der Waals surface area contributed by atoms with Crippen LogP contribution in [-0.2, 0) is 9.59 Å². The first-order chi connectivity index (χ1) is 13.9. The van der Waals surface area contributed by atoms with Gasteiger partial charge < -0.3 is 14.2 Å². The first-order valence-electron chi connectivity index (χ1n) is 8.37. The molecule has 1 heterocycles. The minimum absolute atomic E-state index is 0.0150. The van der Waals surface area contributed by atoms with Gasteiger partial charge in [0.05, 0.1) is 27.0 Å². The van der Waals surface area contributed by atoms with Gasteiger partial charge in [0.1, 0.15) is 5.57 Å². The van der Waals surface area contributed by atoms with Crippen molar-refractivity contribution >= 4 is 52.5 Å². The van der Waals surface area contributed by atoms with Crippen LogP contribution >= 0.6 is 23.8 Å². The molecule has 0 bridgehead atoms. The minimum atomic E-state index is -0.609. The largest absolute Gasteiger partial charge is 0.493 e. The number of halogens is 1. The maximum absolute atomic E-state index is 13.1. The molecule has 29 heavy (non-hydrogen) atoms. The molecule has 0 radical (unpaired) electrons. The van der Waals surface area contributed by atoms with Gasteiger partial charge in [-0.25, -0.2) is 0 Å². The second-order valence-electron chi connectivity index (χ2n) is 5.86. The van der Waals surface area contributed by atoms with Crippen molar-refractivity contribution in [1.29, 1.82) is 0 Å². The lowest BCUT2D eigenvalue weighted by atomic mass is 10.1. The van der Waals surface area contributed by atoms with Gasteiger partial charge in [-0.15, -0.1) is 0 Å². The topological polar surface area (TPSA) is 77.1 Å². The van der Waals surface area contributed by atoms with Crippen molar-refractivity contribution in [2.75, 3.05) is 26.2 Å². The third-order valence-electron chi connectivity index (χ3n) is 4.22. The molecule has 9 heteroatoms. The van der Waals surface area contributed by atoms with Crippen molar-refractivity contribution in [3.8, 4) is 17.2 Å². The minimum Gasteiger partial charge on any atom is -0.493 e. The van der Waals surface area contributed by atoms with E-state index in [-0.39, 0.29) is 10.7 Å². The van der Waals surface area contributed by atoms with Crippen molar-refractivity contribution in [3.63, 3.8) is 0 Å². The van der Waals surface area contributed by atoms with Gasteiger partial charge in [-0.3, -0.25) is 19.8 Å². The third-order valence-corrected chi connectivity index (χ3v) is 4.76. The molecule has 0 unspecified atom stereocenters. The van der Waals surface area contributed by atoms with E-state index in [1.807, 2.05) is 0 Å². The van der Waals surface area contributed by atoms with Crippen molar-refractivity contribution in [2.24, 2.45) is 0 Å². The summed E-state index contributed by atoms with van der Waals surface area (Å²) in [7, 11) is 4.42. The molecule has 1 aliphatic rings. The number of ether oxygens (including phenoxy) is 3. The lowest BCUT2D eigenvalue weighted by Crippen LogP contribution is -2.54. The Morgan fingerprint density at radius 1 is 0.966 bits per heavy atom. The number of thiocarbonyl (C=S) groups is 1. The highest BCUT2D eigenvalue weighted by molar-refractivity contribution is 7.80. The summed E-state index contributed by atoms with van der Waals surface area (Å²) in [6.45, 7) is 0. The second kappa shape index (κ2) is 8.50. The third kappa shape index (κ3) is 3.90. The normalized spacial score (nSPS) is 15.4. The number of carbonyl (C=O) groups is 2. The Morgan fingerprint density at radius 2 is 1.62 bits per heavy atom. The van der Waals surface area contributed by atoms with Crippen LogP contribution in [0, 0.1) is 0 Å². The fourth-order valence-corrected chi connectivity index (χ4v) is 3.28. The predicted molar refractivity (Wildman–Crippen MR) is 114 cm³/mol. The second-order valence-corrected chi connectivity index (χ2v) is 6.68.